The molecule has 0 radical (unpaired) electrons. The van der Waals surface area contributed by atoms with Crippen LogP contribution in [0.3, 0.4) is 0 Å². The van der Waals surface area contributed by atoms with E-state index in [0.29, 0.717) is 17.7 Å². The minimum absolute atomic E-state index is 0.0278. The minimum Gasteiger partial charge on any atom is -0.376 e. The molecule has 0 unspecified atom stereocenters. The molecular formula is C15H21N3O2. The van der Waals surface area contributed by atoms with Crippen molar-refractivity contribution in [2.45, 2.75) is 38.5 Å². The Bertz CT molecular complexity index is 506. The molecule has 0 spiro atoms. The van der Waals surface area contributed by atoms with Crippen molar-refractivity contribution in [3.63, 3.8) is 0 Å². The number of ether oxygens (including phenoxy) is 1. The third-order valence-corrected chi connectivity index (χ3v) is 4.07. The third kappa shape index (κ3) is 2.83. The van der Waals surface area contributed by atoms with Crippen LogP contribution in [0.15, 0.2) is 18.5 Å². The third-order valence-electron chi connectivity index (χ3n) is 4.07. The molecule has 0 saturated carbocycles. The summed E-state index contributed by atoms with van der Waals surface area (Å²) in [5, 5.41) is 3.12. The van der Waals surface area contributed by atoms with E-state index >= 15 is 0 Å². The van der Waals surface area contributed by atoms with Crippen molar-refractivity contribution in [1.82, 2.24) is 15.2 Å². The van der Waals surface area contributed by atoms with E-state index in [-0.39, 0.29) is 11.9 Å². The lowest BCUT2D eigenvalue weighted by Gasteiger charge is -2.33. The van der Waals surface area contributed by atoms with Crippen molar-refractivity contribution in [3.8, 4) is 0 Å². The van der Waals surface area contributed by atoms with Gasteiger partial charge in [0.1, 0.15) is 0 Å². The fourth-order valence-corrected chi connectivity index (χ4v) is 3.09. The van der Waals surface area contributed by atoms with Gasteiger partial charge >= 0.3 is 0 Å². The minimum atomic E-state index is -0.0278. The molecule has 0 aromatic carbocycles. The predicted molar refractivity (Wildman–Crippen MR) is 75.6 cm³/mol. The number of hydrogen-bond donors (Lipinski definition) is 1. The Morgan fingerprint density at radius 3 is 3.10 bits per heavy atom. The molecular weight excluding hydrogens is 254 g/mol. The maximum atomic E-state index is 12.2. The zero-order valence-electron chi connectivity index (χ0n) is 12.0. The van der Waals surface area contributed by atoms with E-state index in [1.807, 2.05) is 13.0 Å². The van der Waals surface area contributed by atoms with Gasteiger partial charge in [-0.15, -0.1) is 0 Å². The van der Waals surface area contributed by atoms with Crippen LogP contribution in [0.1, 0.15) is 29.3 Å². The molecule has 3 rings (SSSR count). The maximum absolute atomic E-state index is 12.2. The van der Waals surface area contributed by atoms with Crippen LogP contribution in [0.4, 0.5) is 0 Å². The lowest BCUT2D eigenvalue weighted by Crippen LogP contribution is -2.45. The number of carbonyl (C=O) groups is 1. The van der Waals surface area contributed by atoms with Crippen molar-refractivity contribution in [2.24, 2.45) is 0 Å². The van der Waals surface area contributed by atoms with Gasteiger partial charge in [-0.1, -0.05) is 0 Å². The van der Waals surface area contributed by atoms with Crippen molar-refractivity contribution >= 4 is 5.91 Å². The second kappa shape index (κ2) is 5.50. The number of morpholine rings is 1. The monoisotopic (exact) mass is 275 g/mol. The summed E-state index contributed by atoms with van der Waals surface area (Å²) in [7, 11) is 0. The highest BCUT2D eigenvalue weighted by atomic mass is 16.5. The van der Waals surface area contributed by atoms with Gasteiger partial charge in [0.25, 0.3) is 5.91 Å². The van der Waals surface area contributed by atoms with E-state index in [0.717, 1.165) is 31.7 Å². The van der Waals surface area contributed by atoms with Crippen molar-refractivity contribution in [3.05, 3.63) is 29.6 Å². The Hall–Kier alpha value is -1.46. The molecule has 2 fully saturated rings. The van der Waals surface area contributed by atoms with Gasteiger partial charge in [-0.25, -0.2) is 0 Å². The van der Waals surface area contributed by atoms with Gasteiger partial charge < -0.3 is 10.1 Å². The fraction of sp³-hybridized carbons (Fsp3) is 0.600. The summed E-state index contributed by atoms with van der Waals surface area (Å²) in [5.41, 5.74) is 1.64. The average molecular weight is 275 g/mol. The normalized spacial score (nSPS) is 30.0. The van der Waals surface area contributed by atoms with Crippen LogP contribution < -0.4 is 5.32 Å². The summed E-state index contributed by atoms with van der Waals surface area (Å²) < 4.78 is 5.68. The van der Waals surface area contributed by atoms with Gasteiger partial charge in [-0.05, 0) is 31.9 Å². The Morgan fingerprint density at radius 1 is 1.45 bits per heavy atom. The molecule has 1 amide bonds. The maximum Gasteiger partial charge on any atom is 0.253 e. The molecule has 2 aliphatic rings. The zero-order valence-corrected chi connectivity index (χ0v) is 12.0. The molecule has 1 aromatic rings. The van der Waals surface area contributed by atoms with Crippen LogP contribution in [0.25, 0.3) is 0 Å². The van der Waals surface area contributed by atoms with E-state index in [2.05, 4.69) is 22.1 Å². The first-order chi connectivity index (χ1) is 9.61. The number of pyridine rings is 1. The zero-order chi connectivity index (χ0) is 14.1. The summed E-state index contributed by atoms with van der Waals surface area (Å²) in [6.07, 6.45) is 4.64. The molecule has 3 atom stereocenters. The van der Waals surface area contributed by atoms with Crippen molar-refractivity contribution in [2.75, 3.05) is 19.7 Å². The highest BCUT2D eigenvalue weighted by Crippen LogP contribution is 2.23. The highest BCUT2D eigenvalue weighted by molar-refractivity contribution is 5.94. The number of rotatable bonds is 2. The van der Waals surface area contributed by atoms with E-state index in [1.165, 1.54) is 0 Å². The van der Waals surface area contributed by atoms with Gasteiger partial charge in [0.05, 0.1) is 18.3 Å². The smallest absolute Gasteiger partial charge is 0.253 e. The van der Waals surface area contributed by atoms with E-state index in [9.17, 15) is 4.79 Å². The number of hydrogen-bond acceptors (Lipinski definition) is 4. The van der Waals surface area contributed by atoms with Gasteiger partial charge in [-0.3, -0.25) is 14.7 Å². The standard InChI is InChI=1S/C15H21N3O2/c1-10-3-12(6-16-5-10)15(19)17-13-4-14-9-20-11(2)7-18(14)8-13/h3,5-6,11,13-14H,4,7-9H2,1-2H3,(H,17,19)/t11-,13-,14+/m1/s1. The number of nitrogens with zero attached hydrogens (tertiary/aromatic N) is 2. The molecule has 3 heterocycles. The molecule has 20 heavy (non-hydrogen) atoms. The van der Waals surface area contributed by atoms with Gasteiger partial charge in [0.15, 0.2) is 0 Å². The predicted octanol–water partition coefficient (Wildman–Crippen LogP) is 0.981. The van der Waals surface area contributed by atoms with Gasteiger partial charge in [0, 0.05) is 37.6 Å². The largest absolute Gasteiger partial charge is 0.376 e. The molecule has 2 saturated heterocycles. The molecule has 1 N–H and O–H groups in total. The Morgan fingerprint density at radius 2 is 2.30 bits per heavy atom. The molecule has 5 nitrogen and oxygen atoms in total. The number of aromatic nitrogens is 1. The topological polar surface area (TPSA) is 54.5 Å². The van der Waals surface area contributed by atoms with E-state index in [4.69, 9.17) is 4.74 Å². The summed E-state index contributed by atoms with van der Waals surface area (Å²) >= 11 is 0. The fourth-order valence-electron chi connectivity index (χ4n) is 3.09. The molecule has 5 heteroatoms. The van der Waals surface area contributed by atoms with E-state index in [1.54, 1.807) is 12.4 Å². The van der Waals surface area contributed by atoms with Crippen LogP contribution >= 0.6 is 0 Å². The second-order valence-corrected chi connectivity index (χ2v) is 5.91. The van der Waals surface area contributed by atoms with Crippen LogP contribution in [0, 0.1) is 6.92 Å². The number of aryl methyl sites for hydroxylation is 1. The number of fused-ring (bicyclic) bond motifs is 1. The van der Waals surface area contributed by atoms with Gasteiger partial charge in [0.2, 0.25) is 0 Å². The lowest BCUT2D eigenvalue weighted by atomic mass is 10.1. The summed E-state index contributed by atoms with van der Waals surface area (Å²) in [6, 6.07) is 2.53. The summed E-state index contributed by atoms with van der Waals surface area (Å²) in [6.45, 7) is 6.70. The van der Waals surface area contributed by atoms with Gasteiger partial charge in [-0.2, -0.15) is 0 Å². The average Bonchev–Trinajstić information content (AvgIpc) is 2.80. The highest BCUT2D eigenvalue weighted by Gasteiger charge is 2.36. The lowest BCUT2D eigenvalue weighted by molar-refractivity contribution is -0.0390. The SMILES string of the molecule is Cc1cncc(C(=O)N[C@@H]2C[C@H]3CO[C@H](C)CN3C2)c1. The van der Waals surface area contributed by atoms with Crippen LogP contribution in [0.2, 0.25) is 0 Å². The number of amides is 1. The molecule has 0 bridgehead atoms. The van der Waals surface area contributed by atoms with Crippen LogP contribution in [-0.2, 0) is 4.74 Å². The Kier molecular flexibility index (Phi) is 3.72. The van der Waals surface area contributed by atoms with Crippen molar-refractivity contribution < 1.29 is 9.53 Å². The quantitative estimate of drug-likeness (QED) is 0.874. The van der Waals surface area contributed by atoms with Crippen molar-refractivity contribution in [1.29, 1.82) is 0 Å². The van der Waals surface area contributed by atoms with Crippen LogP contribution in [-0.4, -0.2) is 53.7 Å². The molecule has 0 aliphatic carbocycles. The summed E-state index contributed by atoms with van der Waals surface area (Å²) in [5.74, 6) is -0.0278. The van der Waals surface area contributed by atoms with E-state index < -0.39 is 0 Å². The molecule has 2 aliphatic heterocycles. The molecule has 108 valence electrons. The Balaban J connectivity index is 1.60. The first kappa shape index (κ1) is 13.5. The summed E-state index contributed by atoms with van der Waals surface area (Å²) in [4.78, 5) is 18.7. The second-order valence-electron chi connectivity index (χ2n) is 5.91. The molecule has 1 aromatic heterocycles. The first-order valence-electron chi connectivity index (χ1n) is 7.20. The number of carbonyl (C=O) groups excluding carboxylic acids is 1. The number of nitrogens with one attached hydrogen (secondary N) is 1. The first-order valence-corrected chi connectivity index (χ1v) is 7.20. The van der Waals surface area contributed by atoms with Crippen LogP contribution in [0.5, 0.6) is 0 Å². The Labute approximate surface area is 119 Å².